The molecule has 0 unspecified atom stereocenters. The van der Waals surface area contributed by atoms with Gasteiger partial charge < -0.3 is 9.64 Å². The smallest absolute Gasteiger partial charge is 0.128 e. The summed E-state index contributed by atoms with van der Waals surface area (Å²) in [4.78, 5) is 2.56. The molecule has 2 nitrogen and oxygen atoms in total. The molecule has 1 aliphatic heterocycles. The number of hydrogen-bond donors (Lipinski definition) is 0. The molecule has 0 radical (unpaired) electrons. The van der Waals surface area contributed by atoms with Crippen molar-refractivity contribution in [1.29, 1.82) is 0 Å². The number of methoxy groups -OCH3 is 1. The molecule has 3 rings (SSSR count). The molecule has 0 saturated heterocycles. The van der Waals surface area contributed by atoms with E-state index in [2.05, 4.69) is 88.0 Å². The highest BCUT2D eigenvalue weighted by atomic mass is 31.1. The summed E-state index contributed by atoms with van der Waals surface area (Å²) >= 11 is 0. The van der Waals surface area contributed by atoms with Gasteiger partial charge in [0.15, 0.2) is 0 Å². The molecule has 0 fully saturated rings. The molecule has 0 bridgehead atoms. The van der Waals surface area contributed by atoms with E-state index in [1.54, 1.807) is 7.11 Å². The minimum absolute atomic E-state index is 0.219. The second kappa shape index (κ2) is 6.41. The van der Waals surface area contributed by atoms with Crippen LogP contribution in [0, 0.1) is 5.92 Å². The molecule has 2 aromatic carbocycles. The molecule has 1 heterocycles. The third kappa shape index (κ3) is 2.82. The maximum absolute atomic E-state index is 5.78. The van der Waals surface area contributed by atoms with Gasteiger partial charge in [-0.25, -0.2) is 0 Å². The van der Waals surface area contributed by atoms with Crippen LogP contribution in [0.5, 0.6) is 5.75 Å². The first-order valence-corrected chi connectivity index (χ1v) is 10.1. The molecule has 0 aliphatic carbocycles. The molecule has 128 valence electrons. The van der Waals surface area contributed by atoms with E-state index in [4.69, 9.17) is 4.74 Å². The molecule has 0 aromatic heterocycles. The van der Waals surface area contributed by atoms with Gasteiger partial charge in [-0.2, -0.15) is 0 Å². The monoisotopic (exact) mass is 341 g/mol. The second-order valence-corrected chi connectivity index (χ2v) is 10.8. The van der Waals surface area contributed by atoms with E-state index in [0.29, 0.717) is 11.7 Å². The van der Waals surface area contributed by atoms with Crippen LogP contribution in [0.15, 0.2) is 48.5 Å². The van der Waals surface area contributed by atoms with Crippen molar-refractivity contribution in [2.24, 2.45) is 5.92 Å². The van der Waals surface area contributed by atoms with Gasteiger partial charge in [0, 0.05) is 11.0 Å². The lowest BCUT2D eigenvalue weighted by atomic mass is 10.1. The molecule has 24 heavy (non-hydrogen) atoms. The fourth-order valence-corrected chi connectivity index (χ4v) is 7.36. The average Bonchev–Trinajstić information content (AvgIpc) is 2.91. The number of anilines is 2. The Morgan fingerprint density at radius 3 is 2.21 bits per heavy atom. The van der Waals surface area contributed by atoms with Crippen LogP contribution in [0.3, 0.4) is 0 Å². The third-order valence-corrected chi connectivity index (χ3v) is 8.31. The highest BCUT2D eigenvalue weighted by molar-refractivity contribution is 7.69. The Balaban J connectivity index is 2.27. The molecule has 0 amide bonds. The van der Waals surface area contributed by atoms with Gasteiger partial charge in [0.1, 0.15) is 5.75 Å². The average molecular weight is 341 g/mol. The summed E-state index contributed by atoms with van der Waals surface area (Å²) in [6, 6.07) is 17.3. The van der Waals surface area contributed by atoms with Crippen molar-refractivity contribution in [2.45, 2.75) is 45.6 Å². The Morgan fingerprint density at radius 1 is 1.00 bits per heavy atom. The summed E-state index contributed by atoms with van der Waals surface area (Å²) in [5.74, 6) is 2.08. The summed E-state index contributed by atoms with van der Waals surface area (Å²) in [5.41, 5.74) is 2.60. The Hall–Kier alpha value is -1.53. The standard InChI is InChI=1S/C21H28NOP/c1-15(2)20-22(16-11-8-7-9-12-16)17-13-10-14-18(23-6)19(17)24(20)21(3,4)5/h7-15,20H,1-6H3/t20-,24-/m0/s1. The largest absolute Gasteiger partial charge is 0.496 e. The molecule has 2 atom stereocenters. The first-order chi connectivity index (χ1) is 11.4. The SMILES string of the molecule is COc1cccc2c1[P@](C(C)(C)C)[C@@H](C(C)C)N2c1ccccc1. The zero-order valence-electron chi connectivity index (χ0n) is 15.6. The topological polar surface area (TPSA) is 12.5 Å². The number of hydrogen-bond acceptors (Lipinski definition) is 2. The van der Waals surface area contributed by atoms with E-state index in [9.17, 15) is 0 Å². The van der Waals surface area contributed by atoms with Gasteiger partial charge in [-0.1, -0.05) is 58.9 Å². The fourth-order valence-electron chi connectivity index (χ4n) is 3.71. The molecule has 3 heteroatoms. The van der Waals surface area contributed by atoms with Crippen molar-refractivity contribution < 1.29 is 4.74 Å². The number of para-hydroxylation sites is 1. The molecular formula is C21H28NOP. The minimum atomic E-state index is -0.394. The van der Waals surface area contributed by atoms with Gasteiger partial charge in [-0.3, -0.25) is 0 Å². The van der Waals surface area contributed by atoms with Gasteiger partial charge >= 0.3 is 0 Å². The minimum Gasteiger partial charge on any atom is -0.496 e. The van der Waals surface area contributed by atoms with Crippen molar-refractivity contribution in [3.63, 3.8) is 0 Å². The fraction of sp³-hybridized carbons (Fsp3) is 0.429. The first-order valence-electron chi connectivity index (χ1n) is 8.67. The van der Waals surface area contributed by atoms with Crippen molar-refractivity contribution >= 4 is 24.6 Å². The highest BCUT2D eigenvalue weighted by Crippen LogP contribution is 2.64. The van der Waals surface area contributed by atoms with Crippen LogP contribution < -0.4 is 14.9 Å². The quantitative estimate of drug-likeness (QED) is 0.661. The van der Waals surface area contributed by atoms with Crippen LogP contribution in [-0.2, 0) is 0 Å². The van der Waals surface area contributed by atoms with Crippen molar-refractivity contribution in [1.82, 2.24) is 0 Å². The highest BCUT2D eigenvalue weighted by Gasteiger charge is 2.47. The molecular weight excluding hydrogens is 313 g/mol. The normalized spacial score (nSPS) is 20.4. The first kappa shape index (κ1) is 17.3. The number of nitrogens with zero attached hydrogens (tertiary/aromatic N) is 1. The van der Waals surface area contributed by atoms with Crippen molar-refractivity contribution in [3.05, 3.63) is 48.5 Å². The van der Waals surface area contributed by atoms with Gasteiger partial charge in [0.25, 0.3) is 0 Å². The summed E-state index contributed by atoms with van der Waals surface area (Å²) in [7, 11) is 1.40. The van der Waals surface area contributed by atoms with Crippen molar-refractivity contribution in [3.8, 4) is 5.75 Å². The summed E-state index contributed by atoms with van der Waals surface area (Å²) in [6.45, 7) is 11.8. The van der Waals surface area contributed by atoms with Gasteiger partial charge in [-0.05, 0) is 43.3 Å². The van der Waals surface area contributed by atoms with Crippen LogP contribution in [-0.4, -0.2) is 18.0 Å². The van der Waals surface area contributed by atoms with E-state index < -0.39 is 7.92 Å². The van der Waals surface area contributed by atoms with Gasteiger partial charge in [-0.15, -0.1) is 0 Å². The Labute approximate surface area is 147 Å². The zero-order chi connectivity index (χ0) is 17.5. The van der Waals surface area contributed by atoms with E-state index in [1.807, 2.05) is 0 Å². The van der Waals surface area contributed by atoms with Crippen LogP contribution in [0.1, 0.15) is 34.6 Å². The van der Waals surface area contributed by atoms with Crippen LogP contribution in [0.2, 0.25) is 0 Å². The van der Waals surface area contributed by atoms with Crippen molar-refractivity contribution in [2.75, 3.05) is 12.0 Å². The van der Waals surface area contributed by atoms with E-state index in [0.717, 1.165) is 5.75 Å². The summed E-state index contributed by atoms with van der Waals surface area (Å²) in [5, 5.41) is 1.64. The van der Waals surface area contributed by atoms with Crippen LogP contribution in [0.4, 0.5) is 11.4 Å². The summed E-state index contributed by atoms with van der Waals surface area (Å²) < 4.78 is 5.78. The van der Waals surface area contributed by atoms with E-state index in [-0.39, 0.29) is 5.16 Å². The van der Waals surface area contributed by atoms with Gasteiger partial charge in [0.2, 0.25) is 0 Å². The Morgan fingerprint density at radius 2 is 1.67 bits per heavy atom. The predicted octanol–water partition coefficient (Wildman–Crippen LogP) is 5.73. The molecule has 1 aliphatic rings. The molecule has 0 saturated carbocycles. The van der Waals surface area contributed by atoms with Crippen LogP contribution in [0.25, 0.3) is 0 Å². The lowest BCUT2D eigenvalue weighted by molar-refractivity contribution is 0.418. The number of ether oxygens (including phenoxy) is 1. The molecule has 0 N–H and O–H groups in total. The Kier molecular flexibility index (Phi) is 4.62. The predicted molar refractivity (Wildman–Crippen MR) is 107 cm³/mol. The number of fused-ring (bicyclic) bond motifs is 1. The van der Waals surface area contributed by atoms with Gasteiger partial charge in [0.05, 0.1) is 18.6 Å². The maximum atomic E-state index is 5.78. The second-order valence-electron chi connectivity index (χ2n) is 7.73. The van der Waals surface area contributed by atoms with Crippen LogP contribution >= 0.6 is 7.92 Å². The summed E-state index contributed by atoms with van der Waals surface area (Å²) in [6.07, 6.45) is 0. The van der Waals surface area contributed by atoms with E-state index in [1.165, 1.54) is 16.7 Å². The number of rotatable bonds is 3. The number of benzene rings is 2. The maximum Gasteiger partial charge on any atom is 0.128 e. The molecule has 0 spiro atoms. The molecule has 2 aromatic rings. The Bertz CT molecular complexity index is 706. The lowest BCUT2D eigenvalue weighted by Gasteiger charge is -2.39. The lowest BCUT2D eigenvalue weighted by Crippen LogP contribution is -2.34. The third-order valence-electron chi connectivity index (χ3n) is 4.58. The van der Waals surface area contributed by atoms with E-state index >= 15 is 0 Å². The zero-order valence-corrected chi connectivity index (χ0v) is 16.5.